The molecule has 4 N–H and O–H groups in total. The summed E-state index contributed by atoms with van der Waals surface area (Å²) in [6.45, 7) is 2.93. The maximum Gasteiger partial charge on any atom is 0.435 e. The van der Waals surface area contributed by atoms with Crippen LogP contribution in [0.5, 0.6) is 0 Å². The summed E-state index contributed by atoms with van der Waals surface area (Å²) < 4.78 is 62.4. The Balaban J connectivity index is 2.08. The molecule has 4 rings (SSSR count). The van der Waals surface area contributed by atoms with E-state index in [0.29, 0.717) is 12.1 Å². The molecular formula is C22H18F4N6O3. The number of hydrogen-bond acceptors (Lipinski definition) is 6. The zero-order chi connectivity index (χ0) is 25.7. The Labute approximate surface area is 194 Å². The third kappa shape index (κ3) is 4.20. The lowest BCUT2D eigenvalue weighted by molar-refractivity contribution is -0.141. The Morgan fingerprint density at radius 3 is 2.40 bits per heavy atom. The van der Waals surface area contributed by atoms with Crippen molar-refractivity contribution in [2.45, 2.75) is 33.0 Å². The van der Waals surface area contributed by atoms with Crippen molar-refractivity contribution in [3.8, 4) is 11.1 Å². The quantitative estimate of drug-likeness (QED) is 0.397. The van der Waals surface area contributed by atoms with Crippen LogP contribution in [0.4, 0.5) is 17.6 Å². The van der Waals surface area contributed by atoms with Crippen molar-refractivity contribution in [2.24, 2.45) is 11.5 Å². The van der Waals surface area contributed by atoms with Crippen LogP contribution in [0, 0.1) is 12.7 Å². The molecule has 0 bridgehead atoms. The second-order valence-corrected chi connectivity index (χ2v) is 7.70. The lowest BCUT2D eigenvalue weighted by Gasteiger charge is -2.16. The highest BCUT2D eigenvalue weighted by Gasteiger charge is 2.41. The van der Waals surface area contributed by atoms with Gasteiger partial charge in [-0.1, -0.05) is 12.1 Å². The Morgan fingerprint density at radius 2 is 1.83 bits per heavy atom. The lowest BCUT2D eigenvalue weighted by Crippen LogP contribution is -2.21. The topological polar surface area (TPSA) is 143 Å². The van der Waals surface area contributed by atoms with Crippen molar-refractivity contribution in [3.63, 3.8) is 0 Å². The lowest BCUT2D eigenvalue weighted by atomic mass is 9.92. The van der Waals surface area contributed by atoms with Gasteiger partial charge in [0, 0.05) is 34.3 Å². The summed E-state index contributed by atoms with van der Waals surface area (Å²) >= 11 is 0. The van der Waals surface area contributed by atoms with Crippen molar-refractivity contribution in [2.75, 3.05) is 0 Å². The molecule has 0 saturated carbocycles. The molecule has 2 amide bonds. The SMILES string of the molecule is CCc1cc(Cn2nc(C(F)(F)F)c(-c3c(C(N)=O)nc4cc(F)ccc4c3C(N)=O)c2C)on1. The van der Waals surface area contributed by atoms with Crippen LogP contribution in [0.2, 0.25) is 0 Å². The first-order valence-corrected chi connectivity index (χ1v) is 10.2. The molecule has 182 valence electrons. The normalized spacial score (nSPS) is 11.8. The second kappa shape index (κ2) is 8.49. The average Bonchev–Trinajstić information content (AvgIpc) is 3.36. The number of carbonyl (C=O) groups excluding carboxylic acids is 2. The van der Waals surface area contributed by atoms with E-state index in [0.717, 1.165) is 22.9 Å². The number of benzene rings is 1. The van der Waals surface area contributed by atoms with Gasteiger partial charge in [-0.2, -0.15) is 18.3 Å². The van der Waals surface area contributed by atoms with Gasteiger partial charge in [-0.15, -0.1) is 0 Å². The van der Waals surface area contributed by atoms with Gasteiger partial charge in [0.25, 0.3) is 5.91 Å². The number of fused-ring (bicyclic) bond motifs is 1. The number of hydrogen-bond donors (Lipinski definition) is 2. The zero-order valence-electron chi connectivity index (χ0n) is 18.4. The number of alkyl halides is 3. The number of aryl methyl sites for hydroxylation is 1. The standard InChI is InChI=1S/C22H18F4N6O3/c1-3-11-7-12(35-31-11)8-32-9(2)15(19(30-32)22(24,25)26)17-16(20(27)33)13-5-4-10(23)6-14(13)29-18(17)21(28)34/h4-7H,3,8H2,1-2H3,(H2,27,33)(H2,28,34). The van der Waals surface area contributed by atoms with Crippen LogP contribution in [0.15, 0.2) is 28.8 Å². The van der Waals surface area contributed by atoms with Crippen molar-refractivity contribution in [1.82, 2.24) is 19.9 Å². The van der Waals surface area contributed by atoms with E-state index >= 15 is 0 Å². The van der Waals surface area contributed by atoms with Crippen LogP contribution in [0.3, 0.4) is 0 Å². The molecule has 0 saturated heterocycles. The number of primary amides is 2. The average molecular weight is 490 g/mol. The molecule has 1 aromatic carbocycles. The molecule has 0 radical (unpaired) electrons. The summed E-state index contributed by atoms with van der Waals surface area (Å²) in [5.74, 6) is -2.91. The van der Waals surface area contributed by atoms with E-state index in [1.54, 1.807) is 6.07 Å². The monoisotopic (exact) mass is 490 g/mol. The van der Waals surface area contributed by atoms with Crippen molar-refractivity contribution in [1.29, 1.82) is 0 Å². The summed E-state index contributed by atoms with van der Waals surface area (Å²) in [5, 5.41) is 7.45. The van der Waals surface area contributed by atoms with E-state index in [4.69, 9.17) is 16.0 Å². The van der Waals surface area contributed by atoms with E-state index in [9.17, 15) is 27.2 Å². The fourth-order valence-electron chi connectivity index (χ4n) is 3.86. The highest BCUT2D eigenvalue weighted by atomic mass is 19.4. The fraction of sp³-hybridized carbons (Fsp3) is 0.227. The molecule has 9 nitrogen and oxygen atoms in total. The maximum atomic E-state index is 14.1. The largest absolute Gasteiger partial charge is 0.435 e. The summed E-state index contributed by atoms with van der Waals surface area (Å²) in [4.78, 5) is 28.7. The number of nitrogens with two attached hydrogens (primary N) is 2. The molecule has 4 aromatic rings. The number of nitrogens with zero attached hydrogens (tertiary/aromatic N) is 4. The first kappa shape index (κ1) is 23.9. The molecule has 0 atom stereocenters. The molecule has 13 heteroatoms. The molecule has 0 spiro atoms. The summed E-state index contributed by atoms with van der Waals surface area (Å²) in [7, 11) is 0. The maximum absolute atomic E-state index is 14.1. The minimum atomic E-state index is -5.00. The van der Waals surface area contributed by atoms with E-state index in [1.165, 1.54) is 6.92 Å². The van der Waals surface area contributed by atoms with Gasteiger partial charge in [0.1, 0.15) is 18.1 Å². The predicted octanol–water partition coefficient (Wildman–Crippen LogP) is 3.36. The van der Waals surface area contributed by atoms with Gasteiger partial charge in [-0.05, 0) is 25.5 Å². The predicted molar refractivity (Wildman–Crippen MR) is 115 cm³/mol. The van der Waals surface area contributed by atoms with Gasteiger partial charge in [0.15, 0.2) is 11.5 Å². The number of carbonyl (C=O) groups is 2. The van der Waals surface area contributed by atoms with Crippen molar-refractivity contribution >= 4 is 22.7 Å². The molecule has 0 unspecified atom stereocenters. The third-order valence-electron chi connectivity index (χ3n) is 5.43. The van der Waals surface area contributed by atoms with Crippen LogP contribution < -0.4 is 11.5 Å². The minimum absolute atomic E-state index is 0.0537. The van der Waals surface area contributed by atoms with Gasteiger partial charge in [-0.3, -0.25) is 14.3 Å². The van der Waals surface area contributed by atoms with Crippen LogP contribution in [-0.2, 0) is 19.1 Å². The molecule has 0 aliphatic heterocycles. The van der Waals surface area contributed by atoms with Gasteiger partial charge in [0.2, 0.25) is 5.91 Å². The number of pyridine rings is 1. The molecule has 0 aliphatic carbocycles. The molecule has 3 heterocycles. The van der Waals surface area contributed by atoms with Gasteiger partial charge >= 0.3 is 6.18 Å². The van der Waals surface area contributed by atoms with Crippen molar-refractivity contribution < 1.29 is 31.7 Å². The Kier molecular flexibility index (Phi) is 5.79. The summed E-state index contributed by atoms with van der Waals surface area (Å²) in [6.07, 6.45) is -4.45. The van der Waals surface area contributed by atoms with Crippen LogP contribution in [-0.4, -0.2) is 31.7 Å². The van der Waals surface area contributed by atoms with Gasteiger partial charge in [0.05, 0.1) is 16.8 Å². The number of rotatable bonds is 6. The Hall–Kier alpha value is -4.29. The van der Waals surface area contributed by atoms with Crippen molar-refractivity contribution in [3.05, 3.63) is 64.2 Å². The highest BCUT2D eigenvalue weighted by Crippen LogP contribution is 2.42. The second-order valence-electron chi connectivity index (χ2n) is 7.70. The zero-order valence-corrected chi connectivity index (χ0v) is 18.4. The first-order valence-electron chi connectivity index (χ1n) is 10.2. The molecular weight excluding hydrogens is 472 g/mol. The van der Waals surface area contributed by atoms with E-state index < -0.39 is 51.9 Å². The first-order chi connectivity index (χ1) is 16.4. The summed E-state index contributed by atoms with van der Waals surface area (Å²) in [6, 6.07) is 4.61. The molecule has 35 heavy (non-hydrogen) atoms. The van der Waals surface area contributed by atoms with Crippen LogP contribution >= 0.6 is 0 Å². The Bertz CT molecular complexity index is 1490. The molecule has 0 aliphatic rings. The smallest absolute Gasteiger partial charge is 0.366 e. The van der Waals surface area contributed by atoms with Crippen LogP contribution in [0.1, 0.15) is 50.6 Å². The molecule has 3 aromatic heterocycles. The third-order valence-corrected chi connectivity index (χ3v) is 5.43. The highest BCUT2D eigenvalue weighted by molar-refractivity contribution is 6.15. The van der Waals surface area contributed by atoms with Gasteiger partial charge < -0.3 is 16.0 Å². The molecule has 0 fully saturated rings. The number of halogens is 4. The Morgan fingerprint density at radius 1 is 1.11 bits per heavy atom. The van der Waals surface area contributed by atoms with Gasteiger partial charge in [-0.25, -0.2) is 9.37 Å². The van der Waals surface area contributed by atoms with E-state index in [1.807, 2.05) is 6.92 Å². The van der Waals surface area contributed by atoms with E-state index in [2.05, 4.69) is 15.2 Å². The number of amides is 2. The number of aromatic nitrogens is 4. The summed E-state index contributed by atoms with van der Waals surface area (Å²) in [5.41, 5.74) is 7.64. The van der Waals surface area contributed by atoms with E-state index in [-0.39, 0.29) is 28.9 Å². The fourth-order valence-corrected chi connectivity index (χ4v) is 3.86. The minimum Gasteiger partial charge on any atom is -0.366 e. The van der Waals surface area contributed by atoms with Crippen LogP contribution in [0.25, 0.3) is 22.0 Å².